The van der Waals surface area contributed by atoms with E-state index in [1.54, 1.807) is 0 Å². The van der Waals surface area contributed by atoms with Crippen LogP contribution in [0.1, 0.15) is 32.3 Å². The molecule has 0 amide bonds. The molecule has 118 valence electrons. The monoisotopic (exact) mass is 350 g/mol. The summed E-state index contributed by atoms with van der Waals surface area (Å²) in [6.45, 7) is 5.26. The average Bonchev–Trinajstić information content (AvgIpc) is 2.37. The van der Waals surface area contributed by atoms with Gasteiger partial charge in [-0.3, -0.25) is 0 Å². The van der Waals surface area contributed by atoms with E-state index in [1.807, 2.05) is 0 Å². The molecule has 0 saturated carbocycles. The van der Waals surface area contributed by atoms with Crippen LogP contribution in [0.2, 0.25) is 10.0 Å². The van der Waals surface area contributed by atoms with Crippen LogP contribution in [0.3, 0.4) is 0 Å². The molecule has 0 aromatic heterocycles. The van der Waals surface area contributed by atoms with Gasteiger partial charge in [0, 0.05) is 30.2 Å². The van der Waals surface area contributed by atoms with Crippen molar-refractivity contribution < 1.29 is 8.42 Å². The molecule has 1 aliphatic heterocycles. The standard InChI is InChI=1S/C14H20Cl2N2O2S/c1-14(2)6-3-7-18(9-14)21(19,20)12-5-4-11(15)10(8-17)13(12)16/h4-5H,3,6-9,17H2,1-2H3. The van der Waals surface area contributed by atoms with Crippen LogP contribution in [-0.4, -0.2) is 25.8 Å². The molecule has 7 heteroatoms. The number of rotatable bonds is 3. The third-order valence-corrected chi connectivity index (χ3v) is 6.62. The smallest absolute Gasteiger partial charge is 0.244 e. The highest BCUT2D eigenvalue weighted by Crippen LogP contribution is 2.36. The maximum Gasteiger partial charge on any atom is 0.244 e. The first-order valence-corrected chi connectivity index (χ1v) is 9.06. The Morgan fingerprint density at radius 3 is 2.57 bits per heavy atom. The van der Waals surface area contributed by atoms with Crippen LogP contribution < -0.4 is 5.73 Å². The maximum atomic E-state index is 12.8. The molecule has 1 heterocycles. The van der Waals surface area contributed by atoms with Gasteiger partial charge in [-0.2, -0.15) is 4.31 Å². The minimum absolute atomic E-state index is 0.0269. The van der Waals surface area contributed by atoms with E-state index in [4.69, 9.17) is 28.9 Å². The topological polar surface area (TPSA) is 63.4 Å². The summed E-state index contributed by atoms with van der Waals surface area (Å²) in [7, 11) is -3.63. The molecule has 1 aromatic carbocycles. The molecule has 21 heavy (non-hydrogen) atoms. The summed E-state index contributed by atoms with van der Waals surface area (Å²) in [5.74, 6) is 0. The quantitative estimate of drug-likeness (QED) is 0.909. The Bertz CT molecular complexity index is 645. The third kappa shape index (κ3) is 3.37. The first kappa shape index (κ1) is 17.0. The highest BCUT2D eigenvalue weighted by molar-refractivity contribution is 7.89. The van der Waals surface area contributed by atoms with E-state index in [1.165, 1.54) is 16.4 Å². The molecule has 0 atom stereocenters. The second-order valence-corrected chi connectivity index (χ2v) is 8.84. The molecule has 0 bridgehead atoms. The number of nitrogens with two attached hydrogens (primary N) is 1. The Morgan fingerprint density at radius 1 is 1.33 bits per heavy atom. The highest BCUT2D eigenvalue weighted by atomic mass is 35.5. The Hall–Kier alpha value is -0.330. The van der Waals surface area contributed by atoms with Gasteiger partial charge >= 0.3 is 0 Å². The summed E-state index contributed by atoms with van der Waals surface area (Å²) in [6.07, 6.45) is 1.86. The minimum atomic E-state index is -3.63. The zero-order valence-corrected chi connectivity index (χ0v) is 14.5. The van der Waals surface area contributed by atoms with E-state index in [2.05, 4.69) is 13.8 Å². The lowest BCUT2D eigenvalue weighted by atomic mass is 9.85. The van der Waals surface area contributed by atoms with Crippen LogP contribution in [0.25, 0.3) is 0 Å². The van der Waals surface area contributed by atoms with Crippen molar-refractivity contribution in [2.45, 2.75) is 38.1 Å². The van der Waals surface area contributed by atoms with E-state index in [0.717, 1.165) is 12.8 Å². The summed E-state index contributed by atoms with van der Waals surface area (Å²) in [5.41, 5.74) is 6.05. The fourth-order valence-electron chi connectivity index (χ4n) is 2.68. The van der Waals surface area contributed by atoms with Gasteiger partial charge in [-0.05, 0) is 30.4 Å². The van der Waals surface area contributed by atoms with Crippen molar-refractivity contribution >= 4 is 33.2 Å². The number of benzene rings is 1. The number of piperidine rings is 1. The lowest BCUT2D eigenvalue weighted by Crippen LogP contribution is -2.43. The Kier molecular flexibility index (Phi) is 4.90. The molecule has 2 N–H and O–H groups in total. The fourth-order valence-corrected chi connectivity index (χ4v) is 5.25. The fraction of sp³-hybridized carbons (Fsp3) is 0.571. The van der Waals surface area contributed by atoms with Crippen LogP contribution >= 0.6 is 23.2 Å². The first-order valence-electron chi connectivity index (χ1n) is 6.86. The second-order valence-electron chi connectivity index (χ2n) is 6.15. The van der Waals surface area contributed by atoms with Crippen molar-refractivity contribution in [1.82, 2.24) is 4.31 Å². The Labute approximate surface area is 136 Å². The van der Waals surface area contributed by atoms with Crippen molar-refractivity contribution in [2.24, 2.45) is 11.1 Å². The Morgan fingerprint density at radius 2 is 2.00 bits per heavy atom. The zero-order chi connectivity index (χ0) is 15.8. The van der Waals surface area contributed by atoms with Crippen LogP contribution in [0.4, 0.5) is 0 Å². The minimum Gasteiger partial charge on any atom is -0.326 e. The number of sulfonamides is 1. The predicted octanol–water partition coefficient (Wildman–Crippen LogP) is 3.26. The van der Waals surface area contributed by atoms with E-state index in [0.29, 0.717) is 23.7 Å². The molecular formula is C14H20Cl2N2O2S. The van der Waals surface area contributed by atoms with Crippen molar-refractivity contribution in [1.29, 1.82) is 0 Å². The van der Waals surface area contributed by atoms with Crippen molar-refractivity contribution in [3.8, 4) is 0 Å². The normalized spacial score (nSPS) is 19.7. The molecule has 0 aliphatic carbocycles. The number of nitrogens with zero attached hydrogens (tertiary/aromatic N) is 1. The second kappa shape index (κ2) is 6.05. The maximum absolute atomic E-state index is 12.8. The largest absolute Gasteiger partial charge is 0.326 e. The average molecular weight is 351 g/mol. The van der Waals surface area contributed by atoms with E-state index in [9.17, 15) is 8.42 Å². The lowest BCUT2D eigenvalue weighted by Gasteiger charge is -2.37. The van der Waals surface area contributed by atoms with Crippen LogP contribution in [-0.2, 0) is 16.6 Å². The van der Waals surface area contributed by atoms with Crippen molar-refractivity contribution in [3.05, 3.63) is 27.7 Å². The van der Waals surface area contributed by atoms with Gasteiger partial charge in [0.15, 0.2) is 0 Å². The number of hydrogen-bond donors (Lipinski definition) is 1. The summed E-state index contributed by atoms with van der Waals surface area (Å²) in [4.78, 5) is 0.0896. The van der Waals surface area contributed by atoms with Gasteiger partial charge in [-0.25, -0.2) is 8.42 Å². The van der Waals surface area contributed by atoms with Gasteiger partial charge in [0.25, 0.3) is 0 Å². The molecular weight excluding hydrogens is 331 g/mol. The molecule has 4 nitrogen and oxygen atoms in total. The first-order chi connectivity index (χ1) is 9.69. The molecule has 0 unspecified atom stereocenters. The molecule has 1 aromatic rings. The molecule has 1 aliphatic rings. The Balaban J connectivity index is 2.45. The number of halogens is 2. The van der Waals surface area contributed by atoms with E-state index >= 15 is 0 Å². The molecule has 2 rings (SSSR count). The van der Waals surface area contributed by atoms with E-state index in [-0.39, 0.29) is 21.9 Å². The number of hydrogen-bond acceptors (Lipinski definition) is 3. The summed E-state index contributed by atoms with van der Waals surface area (Å²) >= 11 is 12.2. The molecule has 0 radical (unpaired) electrons. The van der Waals surface area contributed by atoms with Gasteiger partial charge in [0.05, 0.1) is 5.02 Å². The van der Waals surface area contributed by atoms with Gasteiger partial charge in [-0.1, -0.05) is 37.0 Å². The van der Waals surface area contributed by atoms with Gasteiger partial charge in [0.2, 0.25) is 10.0 Å². The molecule has 1 saturated heterocycles. The van der Waals surface area contributed by atoms with Crippen LogP contribution in [0.5, 0.6) is 0 Å². The summed E-state index contributed by atoms with van der Waals surface area (Å²) in [6, 6.07) is 3.00. The summed E-state index contributed by atoms with van der Waals surface area (Å²) < 4.78 is 27.2. The van der Waals surface area contributed by atoms with Crippen molar-refractivity contribution in [3.63, 3.8) is 0 Å². The summed E-state index contributed by atoms with van der Waals surface area (Å²) in [5, 5.41) is 0.522. The highest BCUT2D eigenvalue weighted by Gasteiger charge is 2.35. The van der Waals surface area contributed by atoms with Crippen molar-refractivity contribution in [2.75, 3.05) is 13.1 Å². The van der Waals surface area contributed by atoms with Gasteiger partial charge in [-0.15, -0.1) is 0 Å². The SMILES string of the molecule is CC1(C)CCCN(S(=O)(=O)c2ccc(Cl)c(CN)c2Cl)C1. The van der Waals surface area contributed by atoms with Crippen LogP contribution in [0.15, 0.2) is 17.0 Å². The molecule has 0 spiro atoms. The van der Waals surface area contributed by atoms with Crippen LogP contribution in [0, 0.1) is 5.41 Å². The lowest BCUT2D eigenvalue weighted by molar-refractivity contribution is 0.187. The molecule has 1 fully saturated rings. The van der Waals surface area contributed by atoms with Gasteiger partial charge in [0.1, 0.15) is 4.90 Å². The van der Waals surface area contributed by atoms with Gasteiger partial charge < -0.3 is 5.73 Å². The third-order valence-electron chi connectivity index (χ3n) is 3.84. The zero-order valence-electron chi connectivity index (χ0n) is 12.2. The van der Waals surface area contributed by atoms with E-state index < -0.39 is 10.0 Å². The predicted molar refractivity (Wildman–Crippen MR) is 86.1 cm³/mol.